The summed E-state index contributed by atoms with van der Waals surface area (Å²) in [6.45, 7) is 1.41. The van der Waals surface area contributed by atoms with Gasteiger partial charge in [0.25, 0.3) is 0 Å². The van der Waals surface area contributed by atoms with Crippen molar-refractivity contribution in [2.45, 2.75) is 13.1 Å². The molecule has 0 bridgehead atoms. The summed E-state index contributed by atoms with van der Waals surface area (Å²) in [5.74, 6) is 0. The molecule has 8 heteroatoms. The van der Waals surface area contributed by atoms with Crippen molar-refractivity contribution in [3.05, 3.63) is 57.1 Å². The van der Waals surface area contributed by atoms with E-state index in [9.17, 15) is 14.9 Å². The molecule has 0 aliphatic carbocycles. The zero-order valence-electron chi connectivity index (χ0n) is 9.98. The van der Waals surface area contributed by atoms with E-state index in [0.717, 1.165) is 11.8 Å². The van der Waals surface area contributed by atoms with E-state index in [1.165, 1.54) is 10.8 Å². The summed E-state index contributed by atoms with van der Waals surface area (Å²) in [6, 6.07) is 1.83. The molecule has 0 aliphatic heterocycles. The van der Waals surface area contributed by atoms with Crippen LogP contribution in [0.15, 0.2) is 40.2 Å². The molecule has 2 rings (SSSR count). The van der Waals surface area contributed by atoms with Crippen LogP contribution < -0.4 is 11.0 Å². The Labute approximate surface area is 107 Å². The third kappa shape index (κ3) is 3.49. The smallest absolute Gasteiger partial charge is 0.348 e. The van der Waals surface area contributed by atoms with Crippen LogP contribution in [-0.2, 0) is 13.1 Å². The minimum Gasteiger partial charge on any atom is -0.472 e. The van der Waals surface area contributed by atoms with Gasteiger partial charge in [0.1, 0.15) is 6.20 Å². The predicted molar refractivity (Wildman–Crippen MR) is 65.6 cm³/mol. The lowest BCUT2D eigenvalue weighted by atomic mass is 10.3. The minimum atomic E-state index is -0.582. The van der Waals surface area contributed by atoms with Gasteiger partial charge in [-0.05, 0) is 6.07 Å². The van der Waals surface area contributed by atoms with Crippen molar-refractivity contribution in [1.82, 2.24) is 14.9 Å². The number of furan rings is 1. The molecule has 0 saturated heterocycles. The number of nitrogens with zero attached hydrogens (tertiary/aromatic N) is 3. The van der Waals surface area contributed by atoms with Gasteiger partial charge >= 0.3 is 11.4 Å². The first-order chi connectivity index (χ1) is 9.16. The highest BCUT2D eigenvalue weighted by Crippen LogP contribution is 2.04. The molecule has 1 N–H and O–H groups in total. The van der Waals surface area contributed by atoms with Crippen LogP contribution in [0.5, 0.6) is 0 Å². The standard InChI is InChI=1S/C11H12N4O4/c16-11-13-6-10(15(17)18)7-14(11)3-2-12-5-9-1-4-19-8-9/h1,4,6-8,12H,2-3,5H2. The van der Waals surface area contributed by atoms with E-state index in [2.05, 4.69) is 10.3 Å². The lowest BCUT2D eigenvalue weighted by molar-refractivity contribution is -0.385. The number of nitro groups is 1. The maximum absolute atomic E-state index is 11.4. The van der Waals surface area contributed by atoms with Crippen molar-refractivity contribution < 1.29 is 9.34 Å². The molecule has 0 atom stereocenters. The molecule has 0 radical (unpaired) electrons. The molecule has 0 spiro atoms. The molecule has 0 saturated carbocycles. The van der Waals surface area contributed by atoms with Crippen molar-refractivity contribution in [2.24, 2.45) is 0 Å². The van der Waals surface area contributed by atoms with Crippen molar-refractivity contribution in [1.29, 1.82) is 0 Å². The van der Waals surface area contributed by atoms with E-state index >= 15 is 0 Å². The largest absolute Gasteiger partial charge is 0.472 e. The molecule has 0 aromatic carbocycles. The van der Waals surface area contributed by atoms with Crippen LogP contribution >= 0.6 is 0 Å². The maximum atomic E-state index is 11.4. The zero-order chi connectivity index (χ0) is 13.7. The van der Waals surface area contributed by atoms with Crippen LogP contribution in [0.1, 0.15) is 5.56 Å². The average Bonchev–Trinajstić information content (AvgIpc) is 2.89. The molecule has 0 unspecified atom stereocenters. The van der Waals surface area contributed by atoms with Crippen LogP contribution in [0.25, 0.3) is 0 Å². The van der Waals surface area contributed by atoms with Crippen molar-refractivity contribution in [3.8, 4) is 0 Å². The highest BCUT2D eigenvalue weighted by Gasteiger charge is 2.08. The monoisotopic (exact) mass is 264 g/mol. The highest BCUT2D eigenvalue weighted by molar-refractivity contribution is 5.20. The van der Waals surface area contributed by atoms with Gasteiger partial charge in [0.05, 0.1) is 23.6 Å². The van der Waals surface area contributed by atoms with E-state index in [-0.39, 0.29) is 5.69 Å². The Kier molecular flexibility index (Phi) is 4.04. The third-order valence-electron chi connectivity index (χ3n) is 2.49. The van der Waals surface area contributed by atoms with Gasteiger partial charge in [0, 0.05) is 25.2 Å². The molecular weight excluding hydrogens is 252 g/mol. The van der Waals surface area contributed by atoms with Crippen molar-refractivity contribution in [2.75, 3.05) is 6.54 Å². The first-order valence-corrected chi connectivity index (χ1v) is 5.59. The van der Waals surface area contributed by atoms with Crippen molar-refractivity contribution >= 4 is 5.69 Å². The van der Waals surface area contributed by atoms with Gasteiger partial charge < -0.3 is 9.73 Å². The number of nitrogens with one attached hydrogen (secondary N) is 1. The summed E-state index contributed by atoms with van der Waals surface area (Å²) >= 11 is 0. The van der Waals surface area contributed by atoms with E-state index < -0.39 is 10.6 Å². The number of rotatable bonds is 6. The second-order valence-corrected chi connectivity index (χ2v) is 3.85. The number of hydrogen-bond donors (Lipinski definition) is 1. The van der Waals surface area contributed by atoms with E-state index in [0.29, 0.717) is 19.6 Å². The second-order valence-electron chi connectivity index (χ2n) is 3.85. The van der Waals surface area contributed by atoms with Gasteiger partial charge in [-0.2, -0.15) is 4.98 Å². The maximum Gasteiger partial charge on any atom is 0.348 e. The highest BCUT2D eigenvalue weighted by atomic mass is 16.6. The minimum absolute atomic E-state index is 0.200. The second kappa shape index (κ2) is 5.91. The van der Waals surface area contributed by atoms with E-state index in [4.69, 9.17) is 4.42 Å². The third-order valence-corrected chi connectivity index (χ3v) is 2.49. The Morgan fingerprint density at radius 1 is 1.53 bits per heavy atom. The summed E-state index contributed by atoms with van der Waals surface area (Å²) < 4.78 is 6.12. The Balaban J connectivity index is 1.90. The first kappa shape index (κ1) is 13.0. The summed E-state index contributed by atoms with van der Waals surface area (Å²) in [7, 11) is 0. The molecule has 0 amide bonds. The van der Waals surface area contributed by atoms with Crippen molar-refractivity contribution in [3.63, 3.8) is 0 Å². The van der Waals surface area contributed by atoms with Crippen LogP contribution in [0.3, 0.4) is 0 Å². The normalized spacial score (nSPS) is 10.5. The summed E-state index contributed by atoms with van der Waals surface area (Å²) in [5, 5.41) is 13.7. The molecule has 2 heterocycles. The number of hydrogen-bond acceptors (Lipinski definition) is 6. The fourth-order valence-corrected chi connectivity index (χ4v) is 1.52. The van der Waals surface area contributed by atoms with Gasteiger partial charge in [-0.25, -0.2) is 4.79 Å². The molecule has 19 heavy (non-hydrogen) atoms. The first-order valence-electron chi connectivity index (χ1n) is 5.59. The Bertz CT molecular complexity index is 605. The van der Waals surface area contributed by atoms with E-state index in [1.807, 2.05) is 6.07 Å². The summed E-state index contributed by atoms with van der Waals surface area (Å²) in [4.78, 5) is 24.8. The van der Waals surface area contributed by atoms with Crippen LogP contribution in [-0.4, -0.2) is 21.0 Å². The van der Waals surface area contributed by atoms with Gasteiger partial charge in [0.2, 0.25) is 0 Å². The average molecular weight is 264 g/mol. The fraction of sp³-hybridized carbons (Fsp3) is 0.273. The molecule has 100 valence electrons. The summed E-state index contributed by atoms with van der Waals surface area (Å²) in [5.41, 5.74) is 0.287. The Morgan fingerprint density at radius 2 is 2.37 bits per heavy atom. The van der Waals surface area contributed by atoms with Gasteiger partial charge in [-0.3, -0.25) is 14.7 Å². The molecule has 2 aromatic heterocycles. The van der Waals surface area contributed by atoms with Gasteiger partial charge in [-0.15, -0.1) is 0 Å². The van der Waals surface area contributed by atoms with Crippen LogP contribution in [0.2, 0.25) is 0 Å². The Hall–Kier alpha value is -2.48. The van der Waals surface area contributed by atoms with E-state index in [1.54, 1.807) is 12.5 Å². The number of aromatic nitrogens is 2. The molecule has 2 aromatic rings. The quantitative estimate of drug-likeness (QED) is 0.464. The fourth-order valence-electron chi connectivity index (χ4n) is 1.52. The van der Waals surface area contributed by atoms with Crippen LogP contribution in [0, 0.1) is 10.1 Å². The Morgan fingerprint density at radius 3 is 3.05 bits per heavy atom. The molecule has 0 fully saturated rings. The van der Waals surface area contributed by atoms with Gasteiger partial charge in [-0.1, -0.05) is 0 Å². The van der Waals surface area contributed by atoms with Gasteiger partial charge in [0.15, 0.2) is 0 Å². The zero-order valence-corrected chi connectivity index (χ0v) is 9.98. The topological polar surface area (TPSA) is 103 Å². The molecule has 0 aliphatic rings. The lowest BCUT2D eigenvalue weighted by Crippen LogP contribution is -2.28. The molecular formula is C11H12N4O4. The lowest BCUT2D eigenvalue weighted by Gasteiger charge is -2.05. The molecule has 8 nitrogen and oxygen atoms in total. The van der Waals surface area contributed by atoms with Crippen LogP contribution in [0.4, 0.5) is 5.69 Å². The predicted octanol–water partition coefficient (Wildman–Crippen LogP) is 0.534. The summed E-state index contributed by atoms with van der Waals surface area (Å²) in [6.07, 6.45) is 5.34. The SMILES string of the molecule is O=c1ncc([N+](=O)[O-])cn1CCNCc1ccoc1.